The molecule has 2 aromatic carbocycles. The molecular weight excluding hydrogens is 432 g/mol. The molecule has 0 saturated carbocycles. The van der Waals surface area contributed by atoms with Crippen LogP contribution in [0.5, 0.6) is 0 Å². The summed E-state index contributed by atoms with van der Waals surface area (Å²) >= 11 is 10.3. The Morgan fingerprint density at radius 1 is 1.07 bits per heavy atom. The van der Waals surface area contributed by atoms with E-state index in [4.69, 9.17) is 11.6 Å². The number of carbonyl (C=O) groups is 1. The quantitative estimate of drug-likeness (QED) is 0.294. The lowest BCUT2D eigenvalue weighted by atomic mass is 10.1. The Bertz CT molecular complexity index is 945. The lowest BCUT2D eigenvalue weighted by Crippen LogP contribution is -2.21. The Labute approximate surface area is 181 Å². The van der Waals surface area contributed by atoms with Gasteiger partial charge in [-0.15, -0.1) is 10.2 Å². The van der Waals surface area contributed by atoms with Crippen LogP contribution in [0.3, 0.4) is 0 Å². The topological polar surface area (TPSA) is 67.2 Å². The fraction of sp³-hybridized carbons (Fsp3) is 0.158. The normalized spacial score (nSPS) is 11.4. The van der Waals surface area contributed by atoms with Gasteiger partial charge in [-0.25, -0.2) is 5.43 Å². The molecule has 1 amide bonds. The number of aromatic nitrogens is 2. The zero-order valence-electron chi connectivity index (χ0n) is 15.0. The number of thioether (sulfide) groups is 2. The maximum atomic E-state index is 12.0. The van der Waals surface area contributed by atoms with Crippen LogP contribution < -0.4 is 5.43 Å². The lowest BCUT2D eigenvalue weighted by molar-refractivity contribution is -0.118. The van der Waals surface area contributed by atoms with Gasteiger partial charge in [0.25, 0.3) is 5.91 Å². The smallest absolute Gasteiger partial charge is 0.250 e. The molecule has 1 aromatic heterocycles. The molecule has 0 aliphatic heterocycles. The molecule has 0 saturated heterocycles. The highest BCUT2D eigenvalue weighted by Crippen LogP contribution is 2.30. The first-order valence-corrected chi connectivity index (χ1v) is 11.5. The summed E-state index contributed by atoms with van der Waals surface area (Å²) in [4.78, 5) is 12.0. The van der Waals surface area contributed by atoms with Crippen LogP contribution in [0.2, 0.25) is 5.02 Å². The molecule has 0 atom stereocenters. The number of nitrogens with zero attached hydrogens (tertiary/aromatic N) is 3. The third kappa shape index (κ3) is 6.63. The first kappa shape index (κ1) is 20.9. The molecule has 28 heavy (non-hydrogen) atoms. The number of amides is 1. The van der Waals surface area contributed by atoms with Crippen LogP contribution >= 0.6 is 46.5 Å². The minimum Gasteiger partial charge on any atom is -0.272 e. The van der Waals surface area contributed by atoms with E-state index < -0.39 is 0 Å². The van der Waals surface area contributed by atoms with E-state index in [0.717, 1.165) is 30.7 Å². The van der Waals surface area contributed by atoms with E-state index in [1.54, 1.807) is 11.8 Å². The summed E-state index contributed by atoms with van der Waals surface area (Å²) in [5.41, 5.74) is 5.48. The van der Waals surface area contributed by atoms with Gasteiger partial charge in [-0.3, -0.25) is 4.79 Å². The zero-order valence-corrected chi connectivity index (χ0v) is 18.2. The molecule has 1 N–H and O–H groups in total. The summed E-state index contributed by atoms with van der Waals surface area (Å²) in [7, 11) is 0. The molecule has 5 nitrogen and oxygen atoms in total. The second kappa shape index (κ2) is 10.6. The molecule has 0 radical (unpaired) electrons. The SMILES string of the molecule is C/C(=N\NC(=O)CSc1nnc(SCc2ccc(Cl)cc2)s1)c1ccccc1. The number of halogens is 1. The average molecular weight is 449 g/mol. The van der Waals surface area contributed by atoms with Crippen LogP contribution in [0, 0.1) is 0 Å². The molecule has 0 bridgehead atoms. The van der Waals surface area contributed by atoms with Crippen LogP contribution in [0.4, 0.5) is 0 Å². The molecule has 144 valence electrons. The van der Waals surface area contributed by atoms with Gasteiger partial charge in [0.1, 0.15) is 0 Å². The summed E-state index contributed by atoms with van der Waals surface area (Å²) < 4.78 is 1.63. The summed E-state index contributed by atoms with van der Waals surface area (Å²) in [5.74, 6) is 0.859. The van der Waals surface area contributed by atoms with Crippen LogP contribution in [0.1, 0.15) is 18.1 Å². The van der Waals surface area contributed by atoms with Crippen molar-refractivity contribution in [2.75, 3.05) is 5.75 Å². The van der Waals surface area contributed by atoms with E-state index in [1.165, 1.54) is 28.7 Å². The zero-order chi connectivity index (χ0) is 19.8. The standard InChI is InChI=1S/C19H17ClN4OS3/c1-13(15-5-3-2-4-6-15)21-22-17(25)12-27-19-24-23-18(28-19)26-11-14-7-9-16(20)10-8-14/h2-10H,11-12H2,1H3,(H,22,25)/b21-13+. The summed E-state index contributed by atoms with van der Waals surface area (Å²) in [6, 6.07) is 17.4. The van der Waals surface area contributed by atoms with Crippen molar-refractivity contribution >= 4 is 58.1 Å². The maximum Gasteiger partial charge on any atom is 0.250 e. The summed E-state index contributed by atoms with van der Waals surface area (Å²) in [6.07, 6.45) is 0. The van der Waals surface area contributed by atoms with Gasteiger partial charge in [-0.2, -0.15) is 5.10 Å². The number of rotatable bonds is 8. The number of carbonyl (C=O) groups excluding carboxylic acids is 1. The Balaban J connectivity index is 1.43. The van der Waals surface area contributed by atoms with E-state index in [1.807, 2.05) is 61.5 Å². The minimum atomic E-state index is -0.175. The largest absolute Gasteiger partial charge is 0.272 e. The highest BCUT2D eigenvalue weighted by atomic mass is 35.5. The highest BCUT2D eigenvalue weighted by Gasteiger charge is 2.09. The van der Waals surface area contributed by atoms with E-state index >= 15 is 0 Å². The van der Waals surface area contributed by atoms with Gasteiger partial charge in [0, 0.05) is 10.8 Å². The van der Waals surface area contributed by atoms with E-state index in [9.17, 15) is 4.79 Å². The van der Waals surface area contributed by atoms with Crippen molar-refractivity contribution < 1.29 is 4.79 Å². The van der Waals surface area contributed by atoms with Crippen LogP contribution in [0.15, 0.2) is 68.4 Å². The van der Waals surface area contributed by atoms with Crippen molar-refractivity contribution in [1.82, 2.24) is 15.6 Å². The average Bonchev–Trinajstić information content (AvgIpc) is 3.18. The van der Waals surface area contributed by atoms with Crippen molar-refractivity contribution in [3.8, 4) is 0 Å². The van der Waals surface area contributed by atoms with Crippen molar-refractivity contribution in [2.24, 2.45) is 5.10 Å². The van der Waals surface area contributed by atoms with Gasteiger partial charge >= 0.3 is 0 Å². The van der Waals surface area contributed by atoms with Crippen LogP contribution in [-0.4, -0.2) is 27.6 Å². The predicted octanol–water partition coefficient (Wildman–Crippen LogP) is 5.12. The van der Waals surface area contributed by atoms with E-state index in [0.29, 0.717) is 0 Å². The molecule has 0 unspecified atom stereocenters. The molecule has 3 rings (SSSR count). The Kier molecular flexibility index (Phi) is 7.90. The van der Waals surface area contributed by atoms with E-state index in [-0.39, 0.29) is 11.7 Å². The Morgan fingerprint density at radius 3 is 2.46 bits per heavy atom. The maximum absolute atomic E-state index is 12.0. The van der Waals surface area contributed by atoms with Crippen molar-refractivity contribution in [1.29, 1.82) is 0 Å². The van der Waals surface area contributed by atoms with Gasteiger partial charge < -0.3 is 0 Å². The summed E-state index contributed by atoms with van der Waals surface area (Å²) in [6.45, 7) is 1.86. The molecular formula is C19H17ClN4OS3. The van der Waals surface area contributed by atoms with Crippen LogP contribution in [0.25, 0.3) is 0 Å². The number of hydrazone groups is 1. The molecule has 1 heterocycles. The first-order chi connectivity index (χ1) is 13.6. The van der Waals surface area contributed by atoms with E-state index in [2.05, 4.69) is 20.7 Å². The van der Waals surface area contributed by atoms with Gasteiger partial charge in [0.15, 0.2) is 8.68 Å². The third-order valence-corrected chi connectivity index (χ3v) is 7.04. The number of nitrogens with one attached hydrogen (secondary N) is 1. The predicted molar refractivity (Wildman–Crippen MR) is 118 cm³/mol. The molecule has 0 aliphatic carbocycles. The van der Waals surface area contributed by atoms with Crippen molar-refractivity contribution in [2.45, 2.75) is 21.4 Å². The molecule has 9 heteroatoms. The van der Waals surface area contributed by atoms with Crippen molar-refractivity contribution in [3.05, 3.63) is 70.7 Å². The molecule has 0 spiro atoms. The second-order valence-corrected chi connectivity index (χ2v) is 9.49. The minimum absolute atomic E-state index is 0.175. The Hall–Kier alpha value is -1.87. The summed E-state index contributed by atoms with van der Waals surface area (Å²) in [5, 5.41) is 13.2. The van der Waals surface area contributed by atoms with Gasteiger partial charge in [-0.05, 0) is 30.2 Å². The monoisotopic (exact) mass is 448 g/mol. The second-order valence-electron chi connectivity index (χ2n) is 5.64. The molecule has 0 fully saturated rings. The number of benzene rings is 2. The van der Waals surface area contributed by atoms with Crippen molar-refractivity contribution in [3.63, 3.8) is 0 Å². The number of hydrogen-bond donors (Lipinski definition) is 1. The fourth-order valence-corrected chi connectivity index (χ4v) is 4.98. The number of hydrogen-bond acceptors (Lipinski definition) is 7. The lowest BCUT2D eigenvalue weighted by Gasteiger charge is -2.01. The van der Waals surface area contributed by atoms with Gasteiger partial charge in [-0.1, -0.05) is 88.9 Å². The van der Waals surface area contributed by atoms with Gasteiger partial charge in [0.2, 0.25) is 0 Å². The Morgan fingerprint density at radius 2 is 1.75 bits per heavy atom. The highest BCUT2D eigenvalue weighted by molar-refractivity contribution is 8.03. The first-order valence-electron chi connectivity index (χ1n) is 8.32. The molecule has 0 aliphatic rings. The third-order valence-electron chi connectivity index (χ3n) is 3.53. The van der Waals surface area contributed by atoms with Crippen LogP contribution in [-0.2, 0) is 10.5 Å². The molecule has 3 aromatic rings. The fourth-order valence-electron chi connectivity index (χ4n) is 2.09. The van der Waals surface area contributed by atoms with Gasteiger partial charge in [0.05, 0.1) is 11.5 Å².